The van der Waals surface area contributed by atoms with Gasteiger partial charge in [-0.2, -0.15) is 11.8 Å². The third-order valence-corrected chi connectivity index (χ3v) is 6.57. The van der Waals surface area contributed by atoms with Gasteiger partial charge in [-0.25, -0.2) is 8.42 Å². The summed E-state index contributed by atoms with van der Waals surface area (Å²) in [6, 6.07) is 7.12. The molecule has 1 aromatic rings. The van der Waals surface area contributed by atoms with E-state index >= 15 is 0 Å². The van der Waals surface area contributed by atoms with Gasteiger partial charge in [0, 0.05) is 30.7 Å². The zero-order valence-corrected chi connectivity index (χ0v) is 15.2. The number of imide groups is 1. The summed E-state index contributed by atoms with van der Waals surface area (Å²) in [6.07, 6.45) is 0.234. The molecule has 1 aromatic carbocycles. The van der Waals surface area contributed by atoms with Crippen LogP contribution in [0.3, 0.4) is 0 Å². The first-order valence-electron chi connectivity index (χ1n) is 7.64. The molecule has 0 unspecified atom stereocenters. The predicted octanol–water partition coefficient (Wildman–Crippen LogP) is 1.01. The van der Waals surface area contributed by atoms with Gasteiger partial charge in [0.1, 0.15) is 0 Å². The van der Waals surface area contributed by atoms with Gasteiger partial charge >= 0.3 is 0 Å². The first-order valence-corrected chi connectivity index (χ1v) is 10.6. The summed E-state index contributed by atoms with van der Waals surface area (Å²) >= 11 is 1.43. The number of carbonyl (C=O) groups is 2. The molecule has 8 heteroatoms. The number of hydrogen-bond acceptors (Lipinski definition) is 6. The summed E-state index contributed by atoms with van der Waals surface area (Å²) in [6.45, 7) is 0.498. The molecule has 0 bridgehead atoms. The lowest BCUT2D eigenvalue weighted by molar-refractivity contribution is -0.128. The highest BCUT2D eigenvalue weighted by molar-refractivity contribution is 8.00. The Balaban J connectivity index is 1.79. The molecule has 6 nitrogen and oxygen atoms in total. The molecule has 0 saturated carbocycles. The SMILES string of the molecule is COCCS(=O)(=O)CCSCCN1C(=O)Cc2ccccc2C1=O. The number of fused-ring (bicyclic) bond motifs is 1. The van der Waals surface area contributed by atoms with E-state index in [2.05, 4.69) is 0 Å². The van der Waals surface area contributed by atoms with Crippen LogP contribution >= 0.6 is 11.8 Å². The van der Waals surface area contributed by atoms with E-state index in [1.165, 1.54) is 23.8 Å². The summed E-state index contributed by atoms with van der Waals surface area (Å²) in [7, 11) is -1.64. The molecule has 0 spiro atoms. The molecular weight excluding hydrogens is 350 g/mol. The van der Waals surface area contributed by atoms with Crippen LogP contribution in [0.5, 0.6) is 0 Å². The molecule has 1 heterocycles. The van der Waals surface area contributed by atoms with Crippen molar-refractivity contribution in [3.63, 3.8) is 0 Å². The third-order valence-electron chi connectivity index (χ3n) is 3.73. The lowest BCUT2D eigenvalue weighted by Crippen LogP contribution is -2.43. The fraction of sp³-hybridized carbons (Fsp3) is 0.500. The minimum absolute atomic E-state index is 0.0178. The van der Waals surface area contributed by atoms with Crippen molar-refractivity contribution in [3.8, 4) is 0 Å². The standard InChI is InChI=1S/C16H21NO5S2/c1-22-7-10-24(20,21)11-9-23-8-6-17-15(18)12-13-4-2-3-5-14(13)16(17)19/h2-5H,6-12H2,1H3. The van der Waals surface area contributed by atoms with Crippen LogP contribution in [0.15, 0.2) is 24.3 Å². The summed E-state index contributed by atoms with van der Waals surface area (Å²) < 4.78 is 28.1. The number of amides is 2. The van der Waals surface area contributed by atoms with Gasteiger partial charge in [-0.05, 0) is 11.6 Å². The zero-order valence-electron chi connectivity index (χ0n) is 13.6. The molecule has 0 fully saturated rings. The topological polar surface area (TPSA) is 80.8 Å². The van der Waals surface area contributed by atoms with Crippen molar-refractivity contribution < 1.29 is 22.7 Å². The normalized spacial score (nSPS) is 14.8. The predicted molar refractivity (Wildman–Crippen MR) is 94.0 cm³/mol. The van der Waals surface area contributed by atoms with E-state index in [1.54, 1.807) is 18.2 Å². The van der Waals surface area contributed by atoms with Crippen LogP contribution in [0.2, 0.25) is 0 Å². The van der Waals surface area contributed by atoms with Crippen molar-refractivity contribution in [2.45, 2.75) is 6.42 Å². The molecular formula is C16H21NO5S2. The lowest BCUT2D eigenvalue weighted by atomic mass is 9.99. The Morgan fingerprint density at radius 2 is 1.92 bits per heavy atom. The second-order valence-electron chi connectivity index (χ2n) is 5.44. The van der Waals surface area contributed by atoms with Crippen molar-refractivity contribution >= 4 is 33.4 Å². The Labute approximate surface area is 146 Å². The molecule has 2 rings (SSSR count). The largest absolute Gasteiger partial charge is 0.384 e. The molecule has 0 saturated heterocycles. The molecule has 1 aliphatic rings. The molecule has 24 heavy (non-hydrogen) atoms. The summed E-state index contributed by atoms with van der Waals surface area (Å²) in [5.74, 6) is 0.593. The van der Waals surface area contributed by atoms with Gasteiger partial charge in [0.15, 0.2) is 9.84 Å². The number of rotatable bonds is 9. The van der Waals surface area contributed by atoms with E-state index in [0.29, 0.717) is 23.6 Å². The summed E-state index contributed by atoms with van der Waals surface area (Å²) in [4.78, 5) is 25.7. The van der Waals surface area contributed by atoms with Crippen molar-refractivity contribution in [2.75, 3.05) is 43.3 Å². The maximum atomic E-state index is 12.4. The van der Waals surface area contributed by atoms with E-state index in [4.69, 9.17) is 4.74 Å². The van der Waals surface area contributed by atoms with Crippen molar-refractivity contribution in [3.05, 3.63) is 35.4 Å². The first-order chi connectivity index (χ1) is 11.4. The van der Waals surface area contributed by atoms with Crippen LogP contribution < -0.4 is 0 Å². The van der Waals surface area contributed by atoms with Crippen molar-refractivity contribution in [1.29, 1.82) is 0 Å². The number of carbonyl (C=O) groups excluding carboxylic acids is 2. The number of benzene rings is 1. The van der Waals surface area contributed by atoms with Gasteiger partial charge in [0.2, 0.25) is 5.91 Å². The maximum Gasteiger partial charge on any atom is 0.260 e. The van der Waals surface area contributed by atoms with E-state index < -0.39 is 9.84 Å². The van der Waals surface area contributed by atoms with Gasteiger partial charge in [0.25, 0.3) is 5.91 Å². The van der Waals surface area contributed by atoms with E-state index in [9.17, 15) is 18.0 Å². The van der Waals surface area contributed by atoms with Crippen molar-refractivity contribution in [2.24, 2.45) is 0 Å². The summed E-state index contributed by atoms with van der Waals surface area (Å²) in [5.41, 5.74) is 1.34. The fourth-order valence-corrected chi connectivity index (χ4v) is 5.01. The average molecular weight is 371 g/mol. The van der Waals surface area contributed by atoms with Crippen LogP contribution in [0, 0.1) is 0 Å². The molecule has 0 radical (unpaired) electrons. The Bertz CT molecular complexity index is 702. The maximum absolute atomic E-state index is 12.4. The first kappa shape index (κ1) is 19.0. The molecule has 132 valence electrons. The Hall–Kier alpha value is -1.38. The molecule has 0 aliphatic carbocycles. The number of thioether (sulfide) groups is 1. The molecule has 0 N–H and O–H groups in total. The number of hydrogen-bond donors (Lipinski definition) is 0. The van der Waals surface area contributed by atoms with Gasteiger partial charge in [-0.3, -0.25) is 14.5 Å². The molecule has 0 aromatic heterocycles. The van der Waals surface area contributed by atoms with Gasteiger partial charge in [-0.15, -0.1) is 0 Å². The van der Waals surface area contributed by atoms with Crippen LogP contribution in [-0.2, 0) is 25.8 Å². The number of ether oxygens (including phenoxy) is 1. The highest BCUT2D eigenvalue weighted by Crippen LogP contribution is 2.20. The van der Waals surface area contributed by atoms with Crippen LogP contribution in [0.1, 0.15) is 15.9 Å². The average Bonchev–Trinajstić information content (AvgIpc) is 2.55. The zero-order chi connectivity index (χ0) is 17.6. The Morgan fingerprint density at radius 1 is 1.17 bits per heavy atom. The van der Waals surface area contributed by atoms with Crippen LogP contribution in [0.4, 0.5) is 0 Å². The smallest absolute Gasteiger partial charge is 0.260 e. The van der Waals surface area contributed by atoms with E-state index in [-0.39, 0.29) is 36.3 Å². The molecule has 0 atom stereocenters. The highest BCUT2D eigenvalue weighted by atomic mass is 32.2. The van der Waals surface area contributed by atoms with Crippen LogP contribution in [-0.4, -0.2) is 68.4 Å². The van der Waals surface area contributed by atoms with Crippen molar-refractivity contribution in [1.82, 2.24) is 4.90 Å². The highest BCUT2D eigenvalue weighted by Gasteiger charge is 2.29. The Morgan fingerprint density at radius 3 is 2.67 bits per heavy atom. The third kappa shape index (κ3) is 5.06. The quantitative estimate of drug-likeness (QED) is 0.476. The molecule has 1 aliphatic heterocycles. The number of methoxy groups -OCH3 is 1. The van der Waals surface area contributed by atoms with Crippen LogP contribution in [0.25, 0.3) is 0 Å². The summed E-state index contributed by atoms with van der Waals surface area (Å²) in [5, 5.41) is 0. The van der Waals surface area contributed by atoms with E-state index in [0.717, 1.165) is 5.56 Å². The monoisotopic (exact) mass is 371 g/mol. The van der Waals surface area contributed by atoms with E-state index in [1.807, 2.05) is 6.07 Å². The minimum Gasteiger partial charge on any atom is -0.384 e. The molecule has 2 amide bonds. The van der Waals surface area contributed by atoms with Gasteiger partial charge in [0.05, 0.1) is 24.5 Å². The number of nitrogens with zero attached hydrogens (tertiary/aromatic N) is 1. The minimum atomic E-state index is -3.10. The lowest BCUT2D eigenvalue weighted by Gasteiger charge is -2.26. The Kier molecular flexibility index (Phi) is 6.82. The van der Waals surface area contributed by atoms with Gasteiger partial charge < -0.3 is 4.74 Å². The fourth-order valence-electron chi connectivity index (χ4n) is 2.38. The second-order valence-corrected chi connectivity index (χ2v) is 8.97. The second kappa shape index (κ2) is 8.64. The number of sulfone groups is 1. The van der Waals surface area contributed by atoms with Gasteiger partial charge in [-0.1, -0.05) is 18.2 Å².